The summed E-state index contributed by atoms with van der Waals surface area (Å²) in [6.45, 7) is 9.16. The molecule has 1 saturated heterocycles. The molecule has 0 saturated carbocycles. The first-order valence-corrected chi connectivity index (χ1v) is 11.8. The Kier molecular flexibility index (Phi) is 8.23. The summed E-state index contributed by atoms with van der Waals surface area (Å²) in [5, 5.41) is 8.94. The second-order valence-corrected chi connectivity index (χ2v) is 9.44. The number of halogens is 4. The van der Waals surface area contributed by atoms with E-state index in [0.29, 0.717) is 44.2 Å². The number of ether oxygens (including phenoxy) is 1. The molecule has 0 aliphatic carbocycles. The lowest BCUT2D eigenvalue weighted by Gasteiger charge is -2.53. The number of amides is 1. The van der Waals surface area contributed by atoms with Crippen molar-refractivity contribution in [2.45, 2.75) is 51.4 Å². The minimum absolute atomic E-state index is 0.0196. The molecule has 1 N–H and O–H groups in total. The zero-order valence-electron chi connectivity index (χ0n) is 20.1. The van der Waals surface area contributed by atoms with Gasteiger partial charge < -0.3 is 14.7 Å². The fraction of sp³-hybridized carbons (Fsp3) is 0.385. The maximum Gasteiger partial charge on any atom is 0.416 e. The van der Waals surface area contributed by atoms with E-state index < -0.39 is 29.3 Å². The Morgan fingerprint density at radius 2 is 1.89 bits per heavy atom. The molecule has 194 valence electrons. The summed E-state index contributed by atoms with van der Waals surface area (Å²) >= 11 is 5.99. The van der Waals surface area contributed by atoms with Crippen LogP contribution in [0.3, 0.4) is 0 Å². The summed E-state index contributed by atoms with van der Waals surface area (Å²) < 4.78 is 44.6. The van der Waals surface area contributed by atoms with Gasteiger partial charge in [0.2, 0.25) is 0 Å². The van der Waals surface area contributed by atoms with Gasteiger partial charge in [-0.2, -0.15) is 13.2 Å². The van der Waals surface area contributed by atoms with Crippen LogP contribution in [0.1, 0.15) is 42.9 Å². The molecule has 2 aromatic rings. The van der Waals surface area contributed by atoms with Gasteiger partial charge in [-0.1, -0.05) is 48.0 Å². The number of hydrogen-bond acceptors (Lipinski definition) is 4. The number of hydrogen-bond donors (Lipinski definition) is 1. The molecule has 0 spiro atoms. The van der Waals surface area contributed by atoms with Crippen LogP contribution in [-0.4, -0.2) is 45.6 Å². The van der Waals surface area contributed by atoms with E-state index in [4.69, 9.17) is 21.4 Å². The highest BCUT2D eigenvalue weighted by molar-refractivity contribution is 6.32. The predicted molar refractivity (Wildman–Crippen MR) is 130 cm³/mol. The first-order valence-electron chi connectivity index (χ1n) is 11.4. The largest absolute Gasteiger partial charge is 0.481 e. The van der Waals surface area contributed by atoms with Crippen LogP contribution >= 0.6 is 11.6 Å². The molecule has 1 unspecified atom stereocenters. The fourth-order valence-corrected chi connectivity index (χ4v) is 4.20. The number of carboxylic acids is 1. The molecule has 1 amide bonds. The van der Waals surface area contributed by atoms with Crippen LogP contribution in [0.5, 0.6) is 5.75 Å². The van der Waals surface area contributed by atoms with E-state index in [9.17, 15) is 22.8 Å². The predicted octanol–water partition coefficient (Wildman–Crippen LogP) is 6.51. The maximum absolute atomic E-state index is 13.1. The Morgan fingerprint density at radius 3 is 2.44 bits per heavy atom. The van der Waals surface area contributed by atoms with Crippen molar-refractivity contribution in [1.82, 2.24) is 9.80 Å². The first-order chi connectivity index (χ1) is 16.8. The average Bonchev–Trinajstić information content (AvgIpc) is 2.78. The van der Waals surface area contributed by atoms with Crippen molar-refractivity contribution in [1.29, 1.82) is 0 Å². The van der Waals surface area contributed by atoms with Crippen LogP contribution in [0, 0.1) is 6.92 Å². The number of carbonyl (C=O) groups is 2. The van der Waals surface area contributed by atoms with Crippen LogP contribution < -0.4 is 4.74 Å². The molecule has 3 rings (SSSR count). The molecule has 2 aromatic carbocycles. The molecule has 10 heteroatoms. The van der Waals surface area contributed by atoms with Crippen molar-refractivity contribution >= 4 is 23.7 Å². The Morgan fingerprint density at radius 1 is 1.22 bits per heavy atom. The molecule has 6 nitrogen and oxygen atoms in total. The van der Waals surface area contributed by atoms with Gasteiger partial charge in [0.05, 0.1) is 16.1 Å². The van der Waals surface area contributed by atoms with E-state index in [-0.39, 0.29) is 17.2 Å². The molecular weight excluding hydrogens is 497 g/mol. The van der Waals surface area contributed by atoms with E-state index in [2.05, 4.69) is 6.58 Å². The van der Waals surface area contributed by atoms with Gasteiger partial charge in [-0.25, -0.2) is 4.79 Å². The Hall–Kier alpha value is -3.20. The smallest absolute Gasteiger partial charge is 0.416 e. The summed E-state index contributed by atoms with van der Waals surface area (Å²) in [6, 6.07) is 10.4. The van der Waals surface area contributed by atoms with Crippen LogP contribution in [0.25, 0.3) is 0 Å². The summed E-state index contributed by atoms with van der Waals surface area (Å²) in [7, 11) is 0. The van der Waals surface area contributed by atoms with Crippen molar-refractivity contribution < 1.29 is 32.6 Å². The summed E-state index contributed by atoms with van der Waals surface area (Å²) in [5.41, 5.74) is 0.840. The number of nitrogens with zero attached hydrogens (tertiary/aromatic N) is 2. The van der Waals surface area contributed by atoms with Crippen molar-refractivity contribution in [3.05, 3.63) is 76.5 Å². The standard InChI is InChI=1S/C26H28ClF3N2O4/c1-17-6-8-19(9-7-17)16-31(13-4-5-23(33)34)18(2)25(3)12-14-32(25)24(35)36-22-15-20(26(28,29)30)10-11-21(22)27/h6-11,15H,2,4-5,12-14,16H2,1,3H3,(H,33,34). The van der Waals surface area contributed by atoms with E-state index in [1.165, 1.54) is 4.90 Å². The molecule has 36 heavy (non-hydrogen) atoms. The van der Waals surface area contributed by atoms with E-state index >= 15 is 0 Å². The van der Waals surface area contributed by atoms with Gasteiger partial charge in [0, 0.05) is 31.8 Å². The van der Waals surface area contributed by atoms with Gasteiger partial charge in [-0.3, -0.25) is 9.69 Å². The molecule has 0 radical (unpaired) electrons. The van der Waals surface area contributed by atoms with Crippen molar-refractivity contribution in [3.8, 4) is 5.75 Å². The molecule has 0 aromatic heterocycles. The van der Waals surface area contributed by atoms with Gasteiger partial charge in [0.25, 0.3) is 0 Å². The molecule has 1 fully saturated rings. The van der Waals surface area contributed by atoms with Gasteiger partial charge in [0.15, 0.2) is 5.75 Å². The number of aryl methyl sites for hydroxylation is 1. The lowest BCUT2D eigenvalue weighted by atomic mass is 9.83. The van der Waals surface area contributed by atoms with Gasteiger partial charge >= 0.3 is 18.2 Å². The Bertz CT molecular complexity index is 1140. The number of benzene rings is 2. The topological polar surface area (TPSA) is 70.1 Å². The summed E-state index contributed by atoms with van der Waals surface area (Å²) in [5.74, 6) is -1.29. The third-order valence-corrected chi connectivity index (χ3v) is 6.72. The molecule has 0 bridgehead atoms. The van der Waals surface area contributed by atoms with E-state index in [1.807, 2.05) is 36.1 Å². The molecular formula is C26H28ClF3N2O4. The number of carbonyl (C=O) groups excluding carboxylic acids is 1. The van der Waals surface area contributed by atoms with Crippen LogP contribution in [0.15, 0.2) is 54.7 Å². The van der Waals surface area contributed by atoms with Gasteiger partial charge in [-0.05, 0) is 50.5 Å². The maximum atomic E-state index is 13.1. The number of carboxylic acid groups (broad SMARTS) is 1. The zero-order chi connectivity index (χ0) is 26.7. The quantitative estimate of drug-likeness (QED) is 0.405. The number of alkyl halides is 3. The second-order valence-electron chi connectivity index (χ2n) is 9.04. The number of aliphatic carboxylic acids is 1. The Balaban J connectivity index is 1.78. The molecule has 1 aliphatic heterocycles. The highest BCUT2D eigenvalue weighted by Crippen LogP contribution is 2.40. The average molecular weight is 525 g/mol. The van der Waals surface area contributed by atoms with Crippen LogP contribution in [0.4, 0.5) is 18.0 Å². The van der Waals surface area contributed by atoms with Crippen LogP contribution in [-0.2, 0) is 17.5 Å². The zero-order valence-corrected chi connectivity index (χ0v) is 20.8. The highest BCUT2D eigenvalue weighted by atomic mass is 35.5. The van der Waals surface area contributed by atoms with Crippen molar-refractivity contribution in [3.63, 3.8) is 0 Å². The Labute approximate surface area is 212 Å². The minimum atomic E-state index is -4.61. The summed E-state index contributed by atoms with van der Waals surface area (Å²) in [6.07, 6.45) is -4.54. The van der Waals surface area contributed by atoms with E-state index in [1.54, 1.807) is 6.92 Å². The number of likely N-dealkylation sites (tertiary alicyclic amines) is 1. The van der Waals surface area contributed by atoms with Gasteiger partial charge in [-0.15, -0.1) is 0 Å². The highest BCUT2D eigenvalue weighted by Gasteiger charge is 2.48. The normalized spacial score (nSPS) is 17.3. The van der Waals surface area contributed by atoms with Crippen LogP contribution in [0.2, 0.25) is 5.02 Å². The number of rotatable bonds is 9. The fourth-order valence-electron chi connectivity index (χ4n) is 4.04. The SMILES string of the molecule is C=C(N(CCCC(=O)O)Cc1ccc(C)cc1)C1(C)CCN1C(=O)Oc1cc(C(F)(F)F)ccc1Cl. The first kappa shape index (κ1) is 27.4. The lowest BCUT2D eigenvalue weighted by Crippen LogP contribution is -2.64. The minimum Gasteiger partial charge on any atom is -0.481 e. The third kappa shape index (κ3) is 6.32. The van der Waals surface area contributed by atoms with E-state index in [0.717, 1.165) is 23.3 Å². The lowest BCUT2D eigenvalue weighted by molar-refractivity contribution is -0.138. The summed E-state index contributed by atoms with van der Waals surface area (Å²) in [4.78, 5) is 27.4. The second kappa shape index (κ2) is 10.8. The molecule has 1 aliphatic rings. The monoisotopic (exact) mass is 524 g/mol. The van der Waals surface area contributed by atoms with Crippen molar-refractivity contribution in [2.75, 3.05) is 13.1 Å². The van der Waals surface area contributed by atoms with Gasteiger partial charge in [0.1, 0.15) is 0 Å². The third-order valence-electron chi connectivity index (χ3n) is 6.41. The van der Waals surface area contributed by atoms with Crippen molar-refractivity contribution in [2.24, 2.45) is 0 Å². The molecule has 1 heterocycles. The molecule has 1 atom stereocenters.